The van der Waals surface area contributed by atoms with Crippen LogP contribution >= 0.6 is 0 Å². The van der Waals surface area contributed by atoms with Crippen LogP contribution in [0.1, 0.15) is 17.3 Å². The Balaban J connectivity index is 2.13. The molecule has 0 aliphatic carbocycles. The number of carbonyl (C=O) groups is 1. The van der Waals surface area contributed by atoms with Gasteiger partial charge in [0.05, 0.1) is 12.2 Å². The number of anilines is 1. The molecule has 0 aliphatic heterocycles. The van der Waals surface area contributed by atoms with Gasteiger partial charge in [0.1, 0.15) is 11.6 Å². The molecule has 100 valence electrons. The normalized spacial score (nSPS) is 10.2. The molecule has 2 rings (SSSR count). The van der Waals surface area contributed by atoms with Gasteiger partial charge in [0.25, 0.3) is 5.91 Å². The zero-order valence-electron chi connectivity index (χ0n) is 9.98. The van der Waals surface area contributed by atoms with Crippen LogP contribution in [-0.2, 0) is 0 Å². The smallest absolute Gasteiger partial charge is 0.337 e. The van der Waals surface area contributed by atoms with Crippen molar-refractivity contribution in [1.82, 2.24) is 15.2 Å². The number of hydrogen-bond donors (Lipinski definition) is 3. The minimum absolute atomic E-state index is 0.0390. The predicted octanol–water partition coefficient (Wildman–Crippen LogP) is 1.30. The first kappa shape index (κ1) is 12.8. The Morgan fingerprint density at radius 2 is 2.37 bits per heavy atom. The van der Waals surface area contributed by atoms with Crippen LogP contribution < -0.4 is 10.1 Å². The van der Waals surface area contributed by atoms with Crippen LogP contribution in [0.25, 0.3) is 0 Å². The van der Waals surface area contributed by atoms with E-state index in [0.29, 0.717) is 6.61 Å². The lowest BCUT2D eigenvalue weighted by Crippen LogP contribution is -2.13. The van der Waals surface area contributed by atoms with Gasteiger partial charge in [0, 0.05) is 0 Å². The van der Waals surface area contributed by atoms with Crippen LogP contribution in [0.15, 0.2) is 18.2 Å². The fourth-order valence-electron chi connectivity index (χ4n) is 1.36. The van der Waals surface area contributed by atoms with Gasteiger partial charge in [0.2, 0.25) is 5.95 Å². The number of aromatic hydroxyl groups is 1. The molecule has 0 fully saturated rings. The molecule has 7 nitrogen and oxygen atoms in total. The maximum atomic E-state index is 13.0. The predicted molar refractivity (Wildman–Crippen MR) is 63.6 cm³/mol. The van der Waals surface area contributed by atoms with Gasteiger partial charge in [-0.15, -0.1) is 5.10 Å². The maximum Gasteiger partial charge on any atom is 0.337 e. The van der Waals surface area contributed by atoms with Gasteiger partial charge in [-0.1, -0.05) is 0 Å². The third-order valence-electron chi connectivity index (χ3n) is 2.17. The van der Waals surface area contributed by atoms with Crippen LogP contribution in [-0.4, -0.2) is 32.8 Å². The average Bonchev–Trinajstić information content (AvgIpc) is 2.80. The Bertz CT molecular complexity index is 599. The zero-order valence-corrected chi connectivity index (χ0v) is 9.98. The van der Waals surface area contributed by atoms with E-state index in [4.69, 9.17) is 4.74 Å². The lowest BCUT2D eigenvalue weighted by molar-refractivity contribution is 0.102. The summed E-state index contributed by atoms with van der Waals surface area (Å²) in [5.74, 6) is -1.63. The van der Waals surface area contributed by atoms with Gasteiger partial charge in [-0.2, -0.15) is 4.98 Å². The molecule has 1 heterocycles. The van der Waals surface area contributed by atoms with E-state index in [1.54, 1.807) is 6.92 Å². The number of amides is 1. The highest BCUT2D eigenvalue weighted by Crippen LogP contribution is 2.19. The number of nitrogens with zero attached hydrogens (tertiary/aromatic N) is 2. The molecule has 0 radical (unpaired) electrons. The second-order valence-electron chi connectivity index (χ2n) is 3.52. The standard InChI is InChI=1S/C11H11FN4O3/c1-2-19-11-14-10(15-16-11)13-9(18)7-5-6(12)3-4-8(7)17/h3-5,17H,2H2,1H3,(H2,13,14,15,16,18). The van der Waals surface area contributed by atoms with E-state index in [0.717, 1.165) is 18.2 Å². The molecule has 2 aromatic rings. The van der Waals surface area contributed by atoms with E-state index in [2.05, 4.69) is 20.5 Å². The third-order valence-corrected chi connectivity index (χ3v) is 2.17. The molecular formula is C11H11FN4O3. The number of benzene rings is 1. The van der Waals surface area contributed by atoms with Crippen molar-refractivity contribution in [2.24, 2.45) is 0 Å². The summed E-state index contributed by atoms with van der Waals surface area (Å²) < 4.78 is 18.0. The molecule has 0 saturated carbocycles. The summed E-state index contributed by atoms with van der Waals surface area (Å²) in [4.78, 5) is 15.6. The molecule has 1 aromatic carbocycles. The van der Waals surface area contributed by atoms with E-state index in [9.17, 15) is 14.3 Å². The number of aromatic amines is 1. The SMILES string of the molecule is CCOc1n[nH]c(NC(=O)c2cc(F)ccc2O)n1. The summed E-state index contributed by atoms with van der Waals surface area (Å²) >= 11 is 0. The van der Waals surface area contributed by atoms with Crippen molar-refractivity contribution in [3.05, 3.63) is 29.6 Å². The molecule has 0 aliphatic rings. The molecule has 3 N–H and O–H groups in total. The highest BCUT2D eigenvalue weighted by atomic mass is 19.1. The molecule has 8 heteroatoms. The van der Waals surface area contributed by atoms with Crippen molar-refractivity contribution in [3.63, 3.8) is 0 Å². The number of aromatic nitrogens is 3. The van der Waals surface area contributed by atoms with Crippen molar-refractivity contribution < 1.29 is 19.0 Å². The third kappa shape index (κ3) is 2.97. The number of hydrogen-bond acceptors (Lipinski definition) is 5. The molecule has 0 unspecified atom stereocenters. The number of phenolic OH excluding ortho intramolecular Hbond substituents is 1. The number of nitrogens with one attached hydrogen (secondary N) is 2. The van der Waals surface area contributed by atoms with Gasteiger partial charge >= 0.3 is 6.01 Å². The number of phenols is 1. The quantitative estimate of drug-likeness (QED) is 0.774. The summed E-state index contributed by atoms with van der Waals surface area (Å²) in [5.41, 5.74) is -0.200. The van der Waals surface area contributed by atoms with Gasteiger partial charge in [-0.05, 0) is 25.1 Å². The summed E-state index contributed by atoms with van der Waals surface area (Å²) in [5, 5.41) is 17.9. The van der Waals surface area contributed by atoms with Crippen molar-refractivity contribution in [2.45, 2.75) is 6.92 Å². The maximum absolute atomic E-state index is 13.0. The molecule has 1 aromatic heterocycles. The molecule has 19 heavy (non-hydrogen) atoms. The number of H-pyrrole nitrogens is 1. The average molecular weight is 266 g/mol. The van der Waals surface area contributed by atoms with E-state index >= 15 is 0 Å². The Hall–Kier alpha value is -2.64. The second kappa shape index (κ2) is 5.34. The van der Waals surface area contributed by atoms with Crippen molar-refractivity contribution >= 4 is 11.9 Å². The molecule has 0 bridgehead atoms. The highest BCUT2D eigenvalue weighted by Gasteiger charge is 2.14. The molecule has 0 spiro atoms. The van der Waals surface area contributed by atoms with E-state index in [-0.39, 0.29) is 23.3 Å². The number of ether oxygens (including phenoxy) is 1. The number of rotatable bonds is 4. The Labute approximate surface area is 107 Å². The first-order valence-corrected chi connectivity index (χ1v) is 5.45. The fourth-order valence-corrected chi connectivity index (χ4v) is 1.36. The van der Waals surface area contributed by atoms with E-state index in [1.165, 1.54) is 0 Å². The monoisotopic (exact) mass is 266 g/mol. The van der Waals surface area contributed by atoms with Crippen molar-refractivity contribution in [3.8, 4) is 11.8 Å². The fraction of sp³-hybridized carbons (Fsp3) is 0.182. The molecule has 1 amide bonds. The van der Waals surface area contributed by atoms with E-state index in [1.807, 2.05) is 0 Å². The van der Waals surface area contributed by atoms with Crippen molar-refractivity contribution in [2.75, 3.05) is 11.9 Å². The summed E-state index contributed by atoms with van der Waals surface area (Å²) in [7, 11) is 0. The highest BCUT2D eigenvalue weighted by molar-refractivity contribution is 6.05. The van der Waals surface area contributed by atoms with Gasteiger partial charge in [0.15, 0.2) is 0 Å². The van der Waals surface area contributed by atoms with Crippen molar-refractivity contribution in [1.29, 1.82) is 0 Å². The van der Waals surface area contributed by atoms with Gasteiger partial charge < -0.3 is 9.84 Å². The summed E-state index contributed by atoms with van der Waals surface area (Å²) in [6.45, 7) is 2.15. The molecule has 0 atom stereocenters. The van der Waals surface area contributed by atoms with Gasteiger partial charge in [-0.3, -0.25) is 10.1 Å². The lowest BCUT2D eigenvalue weighted by atomic mass is 10.2. The van der Waals surface area contributed by atoms with Crippen LogP contribution in [0, 0.1) is 5.82 Å². The van der Waals surface area contributed by atoms with Crippen LogP contribution in [0.5, 0.6) is 11.8 Å². The van der Waals surface area contributed by atoms with Crippen LogP contribution in [0.2, 0.25) is 0 Å². The van der Waals surface area contributed by atoms with Gasteiger partial charge in [-0.25, -0.2) is 9.49 Å². The lowest BCUT2D eigenvalue weighted by Gasteiger charge is -2.03. The Morgan fingerprint density at radius 1 is 1.58 bits per heavy atom. The second-order valence-corrected chi connectivity index (χ2v) is 3.52. The first-order valence-electron chi connectivity index (χ1n) is 5.45. The van der Waals surface area contributed by atoms with E-state index < -0.39 is 11.7 Å². The van der Waals surface area contributed by atoms with Crippen LogP contribution in [0.4, 0.5) is 10.3 Å². The Kier molecular flexibility index (Phi) is 3.60. The summed E-state index contributed by atoms with van der Waals surface area (Å²) in [6, 6.07) is 3.15. The summed E-state index contributed by atoms with van der Waals surface area (Å²) in [6.07, 6.45) is 0. The zero-order chi connectivity index (χ0) is 13.8. The topological polar surface area (TPSA) is 100 Å². The molecule has 0 saturated heterocycles. The minimum atomic E-state index is -0.712. The van der Waals surface area contributed by atoms with Crippen LogP contribution in [0.3, 0.4) is 0 Å². The molecular weight excluding hydrogens is 255 g/mol. The number of carbonyl (C=O) groups excluding carboxylic acids is 1. The first-order chi connectivity index (χ1) is 9.10. The Morgan fingerprint density at radius 3 is 3.11 bits per heavy atom. The largest absolute Gasteiger partial charge is 0.507 e. The minimum Gasteiger partial charge on any atom is -0.507 e. The number of halogens is 1.